The number of rotatable bonds is 5. The first-order valence-electron chi connectivity index (χ1n) is 6.78. The van der Waals surface area contributed by atoms with E-state index in [1.807, 2.05) is 44.2 Å². The van der Waals surface area contributed by atoms with Crippen molar-refractivity contribution in [2.24, 2.45) is 5.10 Å². The molecule has 0 unspecified atom stereocenters. The average Bonchev–Trinajstić information content (AvgIpc) is 2.87. The molecule has 1 heterocycles. The first-order valence-corrected chi connectivity index (χ1v) is 6.78. The molecule has 1 atom stereocenters. The lowest BCUT2D eigenvalue weighted by Gasteiger charge is -2.15. The smallest absolute Gasteiger partial charge is 0.262 e. The predicted molar refractivity (Wildman–Crippen MR) is 83.4 cm³/mol. The summed E-state index contributed by atoms with van der Waals surface area (Å²) >= 11 is 0. The first kappa shape index (κ1) is 14.8. The summed E-state index contributed by atoms with van der Waals surface area (Å²) in [5, 5.41) is 7.04. The van der Waals surface area contributed by atoms with Crippen molar-refractivity contribution in [1.82, 2.24) is 5.43 Å². The van der Waals surface area contributed by atoms with Gasteiger partial charge in [-0.3, -0.25) is 4.79 Å². The molecule has 0 radical (unpaired) electrons. The molecule has 1 amide bonds. The van der Waals surface area contributed by atoms with Gasteiger partial charge in [0.25, 0.3) is 5.91 Å². The Labute approximate surface area is 124 Å². The Morgan fingerprint density at radius 2 is 2.00 bits per heavy atom. The number of hydrogen-bond donors (Lipinski definition) is 2. The normalized spacial score (nSPS) is 12.3. The largest absolute Gasteiger partial charge is 0.460 e. The van der Waals surface area contributed by atoms with Gasteiger partial charge in [0.1, 0.15) is 17.6 Å². The molecule has 2 rings (SSSR count). The lowest BCUT2D eigenvalue weighted by atomic mass is 10.2. The molecule has 2 aromatic rings. The average molecular weight is 285 g/mol. The van der Waals surface area contributed by atoms with E-state index in [9.17, 15) is 4.79 Å². The van der Waals surface area contributed by atoms with Crippen LogP contribution < -0.4 is 10.7 Å². The fraction of sp³-hybridized carbons (Fsp3) is 0.250. The van der Waals surface area contributed by atoms with Gasteiger partial charge < -0.3 is 9.73 Å². The van der Waals surface area contributed by atoms with Crippen molar-refractivity contribution in [1.29, 1.82) is 0 Å². The number of benzene rings is 1. The molecule has 1 aromatic heterocycles. The number of anilines is 1. The number of carbonyl (C=O) groups is 1. The lowest BCUT2D eigenvalue weighted by molar-refractivity contribution is -0.121. The van der Waals surface area contributed by atoms with Crippen LogP contribution in [-0.4, -0.2) is 18.2 Å². The third-order valence-electron chi connectivity index (χ3n) is 3.04. The van der Waals surface area contributed by atoms with E-state index in [1.54, 1.807) is 13.0 Å². The van der Waals surface area contributed by atoms with E-state index in [0.29, 0.717) is 5.76 Å². The number of amides is 1. The molecular weight excluding hydrogens is 266 g/mol. The summed E-state index contributed by atoms with van der Waals surface area (Å²) in [4.78, 5) is 11.9. The highest BCUT2D eigenvalue weighted by atomic mass is 16.3. The molecule has 0 saturated heterocycles. The highest BCUT2D eigenvalue weighted by Gasteiger charge is 2.12. The van der Waals surface area contributed by atoms with E-state index >= 15 is 0 Å². The standard InChI is InChI=1S/C16H19N3O2/c1-11-6-4-5-7-15(11)18-13(3)16(20)19-17-10-14-9-8-12(2)21-14/h4-10,13,18H,1-3H3,(H,19,20)/t13-/m1/s1. The molecule has 5 nitrogen and oxygen atoms in total. The van der Waals surface area contributed by atoms with Gasteiger partial charge in [0, 0.05) is 5.69 Å². The summed E-state index contributed by atoms with van der Waals surface area (Å²) in [6, 6.07) is 11.1. The third kappa shape index (κ3) is 4.21. The SMILES string of the molecule is Cc1ccc(C=NNC(=O)[C@@H](C)Nc2ccccc2C)o1. The molecule has 0 bridgehead atoms. The van der Waals surface area contributed by atoms with Gasteiger partial charge in [0.15, 0.2) is 0 Å². The second-order valence-corrected chi connectivity index (χ2v) is 4.86. The Morgan fingerprint density at radius 3 is 2.67 bits per heavy atom. The monoisotopic (exact) mass is 285 g/mol. The van der Waals surface area contributed by atoms with Crippen LogP contribution >= 0.6 is 0 Å². The second-order valence-electron chi connectivity index (χ2n) is 4.86. The minimum Gasteiger partial charge on any atom is -0.460 e. The van der Waals surface area contributed by atoms with Crippen LogP contribution in [0.25, 0.3) is 0 Å². The first-order chi connectivity index (χ1) is 10.1. The number of furan rings is 1. The van der Waals surface area contributed by atoms with Crippen molar-refractivity contribution in [2.45, 2.75) is 26.8 Å². The quantitative estimate of drug-likeness (QED) is 0.655. The topological polar surface area (TPSA) is 66.6 Å². The lowest BCUT2D eigenvalue weighted by Crippen LogP contribution is -2.35. The zero-order chi connectivity index (χ0) is 15.2. The van der Waals surface area contributed by atoms with Crippen LogP contribution in [0.3, 0.4) is 0 Å². The van der Waals surface area contributed by atoms with Gasteiger partial charge >= 0.3 is 0 Å². The number of carbonyl (C=O) groups excluding carboxylic acids is 1. The molecule has 2 N–H and O–H groups in total. The Kier molecular flexibility index (Phi) is 4.77. The Bertz CT molecular complexity index is 646. The third-order valence-corrected chi connectivity index (χ3v) is 3.04. The molecule has 0 fully saturated rings. The summed E-state index contributed by atoms with van der Waals surface area (Å²) in [5.41, 5.74) is 4.51. The van der Waals surface area contributed by atoms with Gasteiger partial charge in [-0.1, -0.05) is 18.2 Å². The summed E-state index contributed by atoms with van der Waals surface area (Å²) in [5.74, 6) is 1.20. The van der Waals surface area contributed by atoms with E-state index in [-0.39, 0.29) is 11.9 Å². The van der Waals surface area contributed by atoms with Crippen LogP contribution in [0, 0.1) is 13.8 Å². The van der Waals surface area contributed by atoms with Crippen LogP contribution in [0.5, 0.6) is 0 Å². The summed E-state index contributed by atoms with van der Waals surface area (Å²) in [6.07, 6.45) is 1.48. The van der Waals surface area contributed by atoms with E-state index in [2.05, 4.69) is 15.8 Å². The molecule has 1 aromatic carbocycles. The van der Waals surface area contributed by atoms with Crippen LogP contribution in [0.4, 0.5) is 5.69 Å². The molecule has 0 aliphatic heterocycles. The van der Waals surface area contributed by atoms with Crippen molar-refractivity contribution in [3.05, 3.63) is 53.5 Å². The number of nitrogens with zero attached hydrogens (tertiary/aromatic N) is 1. The maximum atomic E-state index is 11.9. The van der Waals surface area contributed by atoms with Crippen molar-refractivity contribution in [3.63, 3.8) is 0 Å². The van der Waals surface area contributed by atoms with E-state index in [0.717, 1.165) is 17.0 Å². The zero-order valence-corrected chi connectivity index (χ0v) is 12.4. The van der Waals surface area contributed by atoms with E-state index < -0.39 is 0 Å². The Balaban J connectivity index is 1.88. The zero-order valence-electron chi connectivity index (χ0n) is 12.4. The summed E-state index contributed by atoms with van der Waals surface area (Å²) in [7, 11) is 0. The van der Waals surface area contributed by atoms with Crippen molar-refractivity contribution in [3.8, 4) is 0 Å². The predicted octanol–water partition coefficient (Wildman–Crippen LogP) is 2.85. The summed E-state index contributed by atoms with van der Waals surface area (Å²) in [6.45, 7) is 5.63. The van der Waals surface area contributed by atoms with Crippen LogP contribution in [0.1, 0.15) is 24.0 Å². The molecular formula is C16H19N3O2. The number of para-hydroxylation sites is 1. The Morgan fingerprint density at radius 1 is 1.24 bits per heavy atom. The van der Waals surface area contributed by atoms with Gasteiger partial charge in [0.2, 0.25) is 0 Å². The summed E-state index contributed by atoms with van der Waals surface area (Å²) < 4.78 is 5.32. The van der Waals surface area contributed by atoms with Crippen LogP contribution in [-0.2, 0) is 4.79 Å². The van der Waals surface area contributed by atoms with Gasteiger partial charge in [0.05, 0.1) is 6.21 Å². The van der Waals surface area contributed by atoms with Crippen molar-refractivity contribution in [2.75, 3.05) is 5.32 Å². The molecule has 0 aliphatic carbocycles. The van der Waals surface area contributed by atoms with E-state index in [4.69, 9.17) is 4.42 Å². The minimum absolute atomic E-state index is 0.210. The number of hydrogen-bond acceptors (Lipinski definition) is 4. The van der Waals surface area contributed by atoms with E-state index in [1.165, 1.54) is 6.21 Å². The maximum absolute atomic E-state index is 11.9. The molecule has 110 valence electrons. The van der Waals surface area contributed by atoms with Gasteiger partial charge in [-0.25, -0.2) is 5.43 Å². The number of aryl methyl sites for hydroxylation is 2. The highest BCUT2D eigenvalue weighted by molar-refractivity contribution is 5.85. The minimum atomic E-state index is -0.387. The maximum Gasteiger partial charge on any atom is 0.262 e. The number of hydrazone groups is 1. The fourth-order valence-electron chi connectivity index (χ4n) is 1.81. The Hall–Kier alpha value is -2.56. The van der Waals surface area contributed by atoms with Crippen LogP contribution in [0.15, 0.2) is 45.9 Å². The second kappa shape index (κ2) is 6.74. The number of nitrogens with one attached hydrogen (secondary N) is 2. The van der Waals surface area contributed by atoms with Gasteiger partial charge in [-0.05, 0) is 44.5 Å². The molecule has 5 heteroatoms. The van der Waals surface area contributed by atoms with Gasteiger partial charge in [-0.2, -0.15) is 5.10 Å². The highest BCUT2D eigenvalue weighted by Crippen LogP contribution is 2.14. The van der Waals surface area contributed by atoms with Crippen molar-refractivity contribution >= 4 is 17.8 Å². The molecule has 0 saturated carbocycles. The van der Waals surface area contributed by atoms with Crippen LogP contribution in [0.2, 0.25) is 0 Å². The van der Waals surface area contributed by atoms with Gasteiger partial charge in [-0.15, -0.1) is 0 Å². The molecule has 0 spiro atoms. The van der Waals surface area contributed by atoms with Crippen molar-refractivity contribution < 1.29 is 9.21 Å². The fourth-order valence-corrected chi connectivity index (χ4v) is 1.81. The molecule has 0 aliphatic rings. The molecule has 21 heavy (non-hydrogen) atoms.